The highest BCUT2D eigenvalue weighted by atomic mass is 35.5. The maximum atomic E-state index is 13.3. The van der Waals surface area contributed by atoms with Crippen LogP contribution < -0.4 is 4.74 Å². The molecule has 2 amide bonds. The van der Waals surface area contributed by atoms with Crippen molar-refractivity contribution in [3.8, 4) is 5.75 Å². The van der Waals surface area contributed by atoms with Crippen LogP contribution in [0.15, 0.2) is 36.4 Å². The second kappa shape index (κ2) is 8.97. The number of amides is 2. The van der Waals surface area contributed by atoms with Crippen molar-refractivity contribution in [1.29, 1.82) is 0 Å². The zero-order chi connectivity index (χ0) is 21.1. The van der Waals surface area contributed by atoms with Gasteiger partial charge < -0.3 is 14.5 Å². The number of hydrogen-bond acceptors (Lipinski definition) is 3. The summed E-state index contributed by atoms with van der Waals surface area (Å²) in [5, 5.41) is 0.746. The minimum atomic E-state index is -1.05. The van der Waals surface area contributed by atoms with Gasteiger partial charge in [0.15, 0.2) is 17.7 Å². The summed E-state index contributed by atoms with van der Waals surface area (Å²) in [4.78, 5) is 28.4. The Morgan fingerprint density at radius 3 is 2.10 bits per heavy atom. The fourth-order valence-electron chi connectivity index (χ4n) is 3.05. The van der Waals surface area contributed by atoms with Gasteiger partial charge in [0, 0.05) is 47.9 Å². The first-order chi connectivity index (χ1) is 13.7. The quantitative estimate of drug-likeness (QED) is 0.718. The van der Waals surface area contributed by atoms with Crippen molar-refractivity contribution in [3.05, 3.63) is 63.6 Å². The van der Waals surface area contributed by atoms with Gasteiger partial charge in [-0.3, -0.25) is 9.59 Å². The molecule has 0 spiro atoms. The maximum absolute atomic E-state index is 13.3. The van der Waals surface area contributed by atoms with E-state index in [1.807, 2.05) is 0 Å². The molecule has 154 valence electrons. The van der Waals surface area contributed by atoms with Crippen molar-refractivity contribution in [1.82, 2.24) is 9.80 Å². The number of halogens is 4. The Morgan fingerprint density at radius 2 is 1.52 bits per heavy atom. The number of hydrogen-bond donors (Lipinski definition) is 0. The summed E-state index contributed by atoms with van der Waals surface area (Å²) in [6.07, 6.45) is -0.881. The lowest BCUT2D eigenvalue weighted by Gasteiger charge is -2.36. The number of rotatable bonds is 4. The molecular weight excluding hydrogens is 425 g/mol. The molecule has 1 aliphatic heterocycles. The smallest absolute Gasteiger partial charge is 0.263 e. The van der Waals surface area contributed by atoms with Gasteiger partial charge in [-0.15, -0.1) is 0 Å². The Labute approximate surface area is 176 Å². The summed E-state index contributed by atoms with van der Waals surface area (Å²) in [6, 6.07) is 7.73. The van der Waals surface area contributed by atoms with Crippen molar-refractivity contribution < 1.29 is 23.1 Å². The molecule has 29 heavy (non-hydrogen) atoms. The number of piperazine rings is 1. The van der Waals surface area contributed by atoms with Crippen LogP contribution >= 0.6 is 23.2 Å². The number of nitrogens with zero attached hydrogens (tertiary/aromatic N) is 2. The van der Waals surface area contributed by atoms with Crippen LogP contribution in [0.3, 0.4) is 0 Å². The third-order valence-corrected chi connectivity index (χ3v) is 4.98. The Morgan fingerprint density at radius 1 is 0.931 bits per heavy atom. The van der Waals surface area contributed by atoms with E-state index in [2.05, 4.69) is 0 Å². The molecule has 1 heterocycles. The first-order valence-electron chi connectivity index (χ1n) is 8.90. The largest absolute Gasteiger partial charge is 0.481 e. The molecule has 1 unspecified atom stereocenters. The number of ether oxygens (including phenoxy) is 1. The predicted octanol–water partition coefficient (Wildman–Crippen LogP) is 4.02. The zero-order valence-corrected chi connectivity index (χ0v) is 17.0. The van der Waals surface area contributed by atoms with Crippen LogP contribution in [-0.2, 0) is 4.79 Å². The molecule has 1 fully saturated rings. The van der Waals surface area contributed by atoms with Crippen molar-refractivity contribution in [2.75, 3.05) is 26.2 Å². The van der Waals surface area contributed by atoms with E-state index in [4.69, 9.17) is 27.9 Å². The zero-order valence-electron chi connectivity index (χ0n) is 15.5. The lowest BCUT2D eigenvalue weighted by Crippen LogP contribution is -2.53. The van der Waals surface area contributed by atoms with Crippen LogP contribution in [0.1, 0.15) is 17.3 Å². The van der Waals surface area contributed by atoms with E-state index in [1.54, 1.807) is 28.0 Å². The molecule has 9 heteroatoms. The third-order valence-electron chi connectivity index (χ3n) is 4.54. The van der Waals surface area contributed by atoms with E-state index < -0.39 is 17.7 Å². The van der Waals surface area contributed by atoms with Gasteiger partial charge >= 0.3 is 0 Å². The summed E-state index contributed by atoms with van der Waals surface area (Å²) >= 11 is 11.9. The lowest BCUT2D eigenvalue weighted by molar-refractivity contribution is -0.139. The number of carbonyl (C=O) groups is 2. The Balaban J connectivity index is 1.57. The third kappa shape index (κ3) is 5.16. The molecule has 1 saturated heterocycles. The summed E-state index contributed by atoms with van der Waals surface area (Å²) in [5.41, 5.74) is 0.386. The van der Waals surface area contributed by atoms with Gasteiger partial charge in [0.05, 0.1) is 0 Å². The lowest BCUT2D eigenvalue weighted by atomic mass is 10.1. The minimum Gasteiger partial charge on any atom is -0.481 e. The molecule has 2 aromatic carbocycles. The van der Waals surface area contributed by atoms with Gasteiger partial charge in [0.2, 0.25) is 0 Å². The highest BCUT2D eigenvalue weighted by molar-refractivity contribution is 6.35. The van der Waals surface area contributed by atoms with Crippen molar-refractivity contribution in [3.63, 3.8) is 0 Å². The minimum absolute atomic E-state index is 0.0661. The number of benzene rings is 2. The van der Waals surface area contributed by atoms with Gasteiger partial charge in [-0.1, -0.05) is 23.2 Å². The second-order valence-corrected chi connectivity index (χ2v) is 7.48. The highest BCUT2D eigenvalue weighted by Gasteiger charge is 2.28. The summed E-state index contributed by atoms with van der Waals surface area (Å²) in [5.74, 6) is -2.48. The van der Waals surface area contributed by atoms with E-state index in [1.165, 1.54) is 13.0 Å². The van der Waals surface area contributed by atoms with Crippen LogP contribution in [0.2, 0.25) is 10.0 Å². The van der Waals surface area contributed by atoms with E-state index in [0.717, 1.165) is 12.1 Å². The van der Waals surface area contributed by atoms with E-state index in [-0.39, 0.29) is 17.6 Å². The fourth-order valence-corrected chi connectivity index (χ4v) is 3.58. The van der Waals surface area contributed by atoms with Crippen LogP contribution in [0, 0.1) is 11.6 Å². The molecule has 0 aromatic heterocycles. The maximum Gasteiger partial charge on any atom is 0.263 e. The van der Waals surface area contributed by atoms with Crippen LogP contribution in [0.5, 0.6) is 5.75 Å². The molecule has 2 aromatic rings. The average Bonchev–Trinajstić information content (AvgIpc) is 2.69. The molecule has 3 rings (SSSR count). The molecule has 0 radical (unpaired) electrons. The first-order valence-corrected chi connectivity index (χ1v) is 9.66. The van der Waals surface area contributed by atoms with Gasteiger partial charge in [0.1, 0.15) is 5.75 Å². The van der Waals surface area contributed by atoms with Crippen LogP contribution in [0.4, 0.5) is 8.78 Å². The molecule has 0 aliphatic carbocycles. The molecule has 0 N–H and O–H groups in total. The highest BCUT2D eigenvalue weighted by Crippen LogP contribution is 2.21. The molecule has 1 aliphatic rings. The van der Waals surface area contributed by atoms with Crippen LogP contribution in [-0.4, -0.2) is 53.9 Å². The van der Waals surface area contributed by atoms with Gasteiger partial charge in [-0.05, 0) is 37.3 Å². The molecule has 0 bridgehead atoms. The molecule has 5 nitrogen and oxygen atoms in total. The van der Waals surface area contributed by atoms with E-state index >= 15 is 0 Å². The standard InChI is InChI=1S/C20H18Cl2F2N2O3/c1-12(29-16-2-3-17(23)18(24)11-16)19(27)25-4-6-26(7-5-25)20(28)13-8-14(21)10-15(22)9-13/h2-3,8-12H,4-7H2,1H3. The molecule has 0 saturated carbocycles. The average molecular weight is 443 g/mol. The summed E-state index contributed by atoms with van der Waals surface area (Å²) in [7, 11) is 0. The van der Waals surface area contributed by atoms with E-state index in [9.17, 15) is 18.4 Å². The summed E-state index contributed by atoms with van der Waals surface area (Å²) in [6.45, 7) is 2.86. The van der Waals surface area contributed by atoms with Gasteiger partial charge in [0.25, 0.3) is 11.8 Å². The monoisotopic (exact) mass is 442 g/mol. The van der Waals surface area contributed by atoms with Crippen molar-refractivity contribution in [2.45, 2.75) is 13.0 Å². The summed E-state index contributed by atoms with van der Waals surface area (Å²) < 4.78 is 31.7. The fraction of sp³-hybridized carbons (Fsp3) is 0.300. The van der Waals surface area contributed by atoms with E-state index in [0.29, 0.717) is 41.8 Å². The topological polar surface area (TPSA) is 49.9 Å². The first kappa shape index (κ1) is 21.3. The predicted molar refractivity (Wildman–Crippen MR) is 105 cm³/mol. The Hall–Kier alpha value is -2.38. The van der Waals surface area contributed by atoms with Crippen LogP contribution in [0.25, 0.3) is 0 Å². The number of carbonyl (C=O) groups excluding carboxylic acids is 2. The van der Waals surface area contributed by atoms with Crippen molar-refractivity contribution >= 4 is 35.0 Å². The SMILES string of the molecule is CC(Oc1ccc(F)c(F)c1)C(=O)N1CCN(C(=O)c2cc(Cl)cc(Cl)c2)CC1. The molecular formula is C20H18Cl2F2N2O3. The Bertz CT molecular complexity index is 914. The van der Waals surface area contributed by atoms with Crippen molar-refractivity contribution in [2.24, 2.45) is 0 Å². The Kier molecular flexibility index (Phi) is 6.59. The second-order valence-electron chi connectivity index (χ2n) is 6.61. The van der Waals surface area contributed by atoms with Gasteiger partial charge in [-0.25, -0.2) is 8.78 Å². The van der Waals surface area contributed by atoms with Gasteiger partial charge in [-0.2, -0.15) is 0 Å². The molecule has 1 atom stereocenters. The normalized spacial score (nSPS) is 15.2.